The Morgan fingerprint density at radius 3 is 2.50 bits per heavy atom. The van der Waals surface area contributed by atoms with Crippen molar-refractivity contribution in [2.75, 3.05) is 32.2 Å². The molecule has 1 atom stereocenters. The molecule has 0 radical (unpaired) electrons. The van der Waals surface area contributed by atoms with E-state index in [2.05, 4.69) is 45.6 Å². The Morgan fingerprint density at radius 2 is 1.83 bits per heavy atom. The third-order valence-corrected chi connectivity index (χ3v) is 6.55. The number of nitrogens with one attached hydrogen (secondary N) is 2. The highest BCUT2D eigenvalue weighted by molar-refractivity contribution is 9.10. The molecule has 1 aliphatic rings. The minimum absolute atomic E-state index is 0.0574. The van der Waals surface area contributed by atoms with Gasteiger partial charge in [0.15, 0.2) is 0 Å². The van der Waals surface area contributed by atoms with Crippen LogP contribution in [0.5, 0.6) is 5.75 Å². The Morgan fingerprint density at radius 1 is 1.17 bits per heavy atom. The molecule has 0 bridgehead atoms. The van der Waals surface area contributed by atoms with Gasteiger partial charge in [-0.1, -0.05) is 23.8 Å². The highest BCUT2D eigenvalue weighted by atomic mass is 79.9. The van der Waals surface area contributed by atoms with E-state index < -0.39 is 0 Å². The van der Waals surface area contributed by atoms with Crippen LogP contribution >= 0.6 is 15.9 Å². The van der Waals surface area contributed by atoms with Gasteiger partial charge in [0, 0.05) is 35.2 Å². The monoisotopic (exact) mass is 474 g/mol. The van der Waals surface area contributed by atoms with Gasteiger partial charge < -0.3 is 20.1 Å². The van der Waals surface area contributed by atoms with Crippen molar-refractivity contribution in [3.63, 3.8) is 0 Å². The minimum Gasteiger partial charge on any atom is -0.496 e. The lowest BCUT2D eigenvalue weighted by molar-refractivity contribution is -0.117. The SMILES string of the molecule is COc1ccc(C)cc1C1(CNC(C)C(=O)Nc2ccc(C)cc2Br)CCOCC1. The van der Waals surface area contributed by atoms with Crippen molar-refractivity contribution in [1.82, 2.24) is 5.32 Å². The number of carbonyl (C=O) groups excluding carboxylic acids is 1. The summed E-state index contributed by atoms with van der Waals surface area (Å²) in [5, 5.41) is 6.49. The van der Waals surface area contributed by atoms with Gasteiger partial charge in [0.2, 0.25) is 5.91 Å². The van der Waals surface area contributed by atoms with Gasteiger partial charge in [-0.05, 0) is 73.3 Å². The van der Waals surface area contributed by atoms with E-state index in [1.54, 1.807) is 7.11 Å². The van der Waals surface area contributed by atoms with E-state index in [0.717, 1.165) is 34.3 Å². The smallest absolute Gasteiger partial charge is 0.241 e. The van der Waals surface area contributed by atoms with Crippen molar-refractivity contribution >= 4 is 27.5 Å². The first-order chi connectivity index (χ1) is 14.3. The molecular formula is C24H31BrN2O3. The molecule has 3 rings (SSSR count). The molecule has 0 aromatic heterocycles. The summed E-state index contributed by atoms with van der Waals surface area (Å²) in [5.74, 6) is 0.836. The molecule has 6 heteroatoms. The van der Waals surface area contributed by atoms with Gasteiger partial charge in [-0.25, -0.2) is 0 Å². The number of aryl methyl sites for hydroxylation is 2. The van der Waals surface area contributed by atoms with Gasteiger partial charge in [-0.2, -0.15) is 0 Å². The van der Waals surface area contributed by atoms with Crippen LogP contribution in [0.15, 0.2) is 40.9 Å². The number of amides is 1. The van der Waals surface area contributed by atoms with E-state index in [0.29, 0.717) is 19.8 Å². The summed E-state index contributed by atoms with van der Waals surface area (Å²) in [6.45, 7) is 8.11. The first kappa shape index (κ1) is 22.8. The van der Waals surface area contributed by atoms with Crippen LogP contribution in [0.1, 0.15) is 36.5 Å². The molecule has 162 valence electrons. The van der Waals surface area contributed by atoms with Crippen LogP contribution in [-0.2, 0) is 14.9 Å². The van der Waals surface area contributed by atoms with E-state index in [1.807, 2.05) is 38.1 Å². The van der Waals surface area contributed by atoms with Gasteiger partial charge in [-0.3, -0.25) is 4.79 Å². The lowest BCUT2D eigenvalue weighted by Crippen LogP contribution is -2.48. The summed E-state index contributed by atoms with van der Waals surface area (Å²) in [7, 11) is 1.71. The molecule has 1 saturated heterocycles. The lowest BCUT2D eigenvalue weighted by Gasteiger charge is -2.39. The average molecular weight is 475 g/mol. The van der Waals surface area contributed by atoms with Gasteiger partial charge in [0.1, 0.15) is 5.75 Å². The number of halogens is 1. The molecule has 1 fully saturated rings. The number of methoxy groups -OCH3 is 1. The number of anilines is 1. The average Bonchev–Trinajstić information content (AvgIpc) is 2.74. The lowest BCUT2D eigenvalue weighted by atomic mass is 9.73. The van der Waals surface area contributed by atoms with E-state index in [-0.39, 0.29) is 17.4 Å². The molecule has 0 aliphatic carbocycles. The molecule has 0 spiro atoms. The zero-order chi connectivity index (χ0) is 21.7. The molecule has 1 aliphatic heterocycles. The largest absolute Gasteiger partial charge is 0.496 e. The predicted molar refractivity (Wildman–Crippen MR) is 124 cm³/mol. The van der Waals surface area contributed by atoms with Crippen molar-refractivity contribution in [1.29, 1.82) is 0 Å². The fourth-order valence-corrected chi connectivity index (χ4v) is 4.54. The Labute approximate surface area is 187 Å². The highest BCUT2D eigenvalue weighted by Crippen LogP contribution is 2.40. The number of hydrogen-bond donors (Lipinski definition) is 2. The van der Waals surface area contributed by atoms with Crippen LogP contribution in [0.2, 0.25) is 0 Å². The molecular weight excluding hydrogens is 444 g/mol. The maximum absolute atomic E-state index is 12.8. The number of rotatable bonds is 7. The van der Waals surface area contributed by atoms with E-state index in [4.69, 9.17) is 9.47 Å². The zero-order valence-corrected chi connectivity index (χ0v) is 19.8. The van der Waals surface area contributed by atoms with Gasteiger partial charge in [0.05, 0.1) is 18.8 Å². The van der Waals surface area contributed by atoms with Crippen molar-refractivity contribution in [2.24, 2.45) is 0 Å². The molecule has 2 N–H and O–H groups in total. The first-order valence-electron chi connectivity index (χ1n) is 10.4. The fourth-order valence-electron chi connectivity index (χ4n) is 3.94. The highest BCUT2D eigenvalue weighted by Gasteiger charge is 2.37. The van der Waals surface area contributed by atoms with Crippen LogP contribution in [-0.4, -0.2) is 38.8 Å². The third-order valence-electron chi connectivity index (χ3n) is 5.90. The number of ether oxygens (including phenoxy) is 2. The van der Waals surface area contributed by atoms with Gasteiger partial charge in [0.25, 0.3) is 0 Å². The maximum atomic E-state index is 12.8. The number of hydrogen-bond acceptors (Lipinski definition) is 4. The molecule has 1 heterocycles. The molecule has 0 saturated carbocycles. The zero-order valence-electron chi connectivity index (χ0n) is 18.2. The number of benzene rings is 2. The van der Waals surface area contributed by atoms with Crippen molar-refractivity contribution < 1.29 is 14.3 Å². The van der Waals surface area contributed by atoms with Crippen molar-refractivity contribution in [2.45, 2.75) is 45.1 Å². The van der Waals surface area contributed by atoms with Crippen LogP contribution < -0.4 is 15.4 Å². The van der Waals surface area contributed by atoms with E-state index >= 15 is 0 Å². The second kappa shape index (κ2) is 9.94. The standard InChI is InChI=1S/C24H31BrN2O3/c1-16-6-8-22(29-4)19(13-16)24(9-11-30-12-10-24)15-26-18(3)23(28)27-21-7-5-17(2)14-20(21)25/h5-8,13-14,18,26H,9-12,15H2,1-4H3,(H,27,28). The quantitative estimate of drug-likeness (QED) is 0.608. The molecule has 30 heavy (non-hydrogen) atoms. The van der Waals surface area contributed by atoms with E-state index in [1.165, 1.54) is 11.1 Å². The third kappa shape index (κ3) is 5.23. The topological polar surface area (TPSA) is 59.6 Å². The Bertz CT molecular complexity index is 894. The fraction of sp³-hybridized carbons (Fsp3) is 0.458. The van der Waals surface area contributed by atoms with Crippen molar-refractivity contribution in [3.8, 4) is 5.75 Å². The molecule has 2 aromatic carbocycles. The van der Waals surface area contributed by atoms with Crippen molar-refractivity contribution in [3.05, 3.63) is 57.6 Å². The van der Waals surface area contributed by atoms with E-state index in [9.17, 15) is 4.79 Å². The maximum Gasteiger partial charge on any atom is 0.241 e. The summed E-state index contributed by atoms with van der Waals surface area (Å²) in [5.41, 5.74) is 4.18. The molecule has 2 aromatic rings. The molecule has 5 nitrogen and oxygen atoms in total. The summed E-state index contributed by atoms with van der Waals surface area (Å²) < 4.78 is 12.2. The summed E-state index contributed by atoms with van der Waals surface area (Å²) in [6, 6.07) is 11.9. The minimum atomic E-state index is -0.339. The second-order valence-electron chi connectivity index (χ2n) is 8.17. The van der Waals surface area contributed by atoms with Crippen LogP contribution in [0.25, 0.3) is 0 Å². The van der Waals surface area contributed by atoms with Crippen LogP contribution in [0.3, 0.4) is 0 Å². The van der Waals surface area contributed by atoms with Crippen LogP contribution in [0, 0.1) is 13.8 Å². The van der Waals surface area contributed by atoms with Gasteiger partial charge >= 0.3 is 0 Å². The summed E-state index contributed by atoms with van der Waals surface area (Å²) in [4.78, 5) is 12.8. The molecule has 1 amide bonds. The Hall–Kier alpha value is -1.89. The first-order valence-corrected chi connectivity index (χ1v) is 11.2. The normalized spacial score (nSPS) is 16.7. The number of carbonyl (C=O) groups is 1. The Balaban J connectivity index is 1.74. The van der Waals surface area contributed by atoms with Gasteiger partial charge in [-0.15, -0.1) is 0 Å². The predicted octanol–water partition coefficient (Wildman–Crippen LogP) is 4.74. The summed E-state index contributed by atoms with van der Waals surface area (Å²) in [6.07, 6.45) is 1.77. The van der Waals surface area contributed by atoms with Crippen LogP contribution in [0.4, 0.5) is 5.69 Å². The second-order valence-corrected chi connectivity index (χ2v) is 9.03. The Kier molecular flexibility index (Phi) is 7.55. The molecule has 1 unspecified atom stereocenters. The summed E-state index contributed by atoms with van der Waals surface area (Å²) >= 11 is 3.53.